The molecule has 2 rings (SSSR count). The van der Waals surface area contributed by atoms with Gasteiger partial charge in [0, 0.05) is 11.6 Å². The summed E-state index contributed by atoms with van der Waals surface area (Å²) in [6.07, 6.45) is 0. The summed E-state index contributed by atoms with van der Waals surface area (Å²) in [6, 6.07) is 9.30. The molecule has 6 heteroatoms. The molecule has 0 bridgehead atoms. The smallest absolute Gasteiger partial charge is 0.235 e. The Morgan fingerprint density at radius 1 is 1.50 bits per heavy atom. The van der Waals surface area contributed by atoms with Gasteiger partial charge in [-0.05, 0) is 12.1 Å². The number of nitrogens with zero attached hydrogens (tertiary/aromatic N) is 1. The zero-order valence-corrected chi connectivity index (χ0v) is 10.7. The number of rotatable bonds is 4. The van der Waals surface area contributed by atoms with Crippen LogP contribution in [0.4, 0.5) is 5.82 Å². The maximum Gasteiger partial charge on any atom is 0.235 e. The van der Waals surface area contributed by atoms with E-state index in [9.17, 15) is 4.79 Å². The highest BCUT2D eigenvalue weighted by Crippen LogP contribution is 2.23. The second kappa shape index (κ2) is 5.59. The molecule has 2 aromatic rings. The number of hydrogen-bond donors (Lipinski definition) is 3. The number of amides is 1. The third kappa shape index (κ3) is 2.84. The van der Waals surface area contributed by atoms with Gasteiger partial charge in [0.15, 0.2) is 0 Å². The highest BCUT2D eigenvalue weighted by molar-refractivity contribution is 7.81. The van der Waals surface area contributed by atoms with Gasteiger partial charge in [0.1, 0.15) is 11.6 Å². The molecule has 1 aromatic carbocycles. The lowest BCUT2D eigenvalue weighted by molar-refractivity contribution is -0.113. The molecule has 0 fully saturated rings. The minimum Gasteiger partial charge on any atom is -0.497 e. The van der Waals surface area contributed by atoms with Crippen LogP contribution < -0.4 is 10.1 Å². The minimum absolute atomic E-state index is 0.132. The van der Waals surface area contributed by atoms with Gasteiger partial charge >= 0.3 is 0 Å². The van der Waals surface area contributed by atoms with Gasteiger partial charge in [-0.1, -0.05) is 12.1 Å². The molecule has 0 atom stereocenters. The fourth-order valence-electron chi connectivity index (χ4n) is 1.51. The molecule has 18 heavy (non-hydrogen) atoms. The number of carbonyl (C=O) groups excluding carboxylic acids is 1. The van der Waals surface area contributed by atoms with Crippen molar-refractivity contribution in [2.75, 3.05) is 18.2 Å². The molecule has 0 spiro atoms. The zero-order chi connectivity index (χ0) is 13.0. The maximum atomic E-state index is 11.2. The Morgan fingerprint density at radius 2 is 2.33 bits per heavy atom. The van der Waals surface area contributed by atoms with Gasteiger partial charge in [-0.3, -0.25) is 9.89 Å². The van der Waals surface area contributed by atoms with Gasteiger partial charge in [-0.2, -0.15) is 17.7 Å². The minimum atomic E-state index is -0.181. The van der Waals surface area contributed by atoms with E-state index in [2.05, 4.69) is 28.1 Å². The first-order valence-electron chi connectivity index (χ1n) is 5.33. The number of aromatic nitrogens is 2. The van der Waals surface area contributed by atoms with Gasteiger partial charge in [0.05, 0.1) is 18.6 Å². The number of anilines is 1. The summed E-state index contributed by atoms with van der Waals surface area (Å²) in [4.78, 5) is 11.2. The highest BCUT2D eigenvalue weighted by Gasteiger charge is 2.06. The number of benzene rings is 1. The van der Waals surface area contributed by atoms with Crippen molar-refractivity contribution < 1.29 is 9.53 Å². The van der Waals surface area contributed by atoms with Crippen LogP contribution in [0.5, 0.6) is 5.75 Å². The molecule has 0 radical (unpaired) electrons. The summed E-state index contributed by atoms with van der Waals surface area (Å²) in [5, 5.41) is 9.52. The fourth-order valence-corrected chi connectivity index (χ4v) is 1.58. The monoisotopic (exact) mass is 263 g/mol. The van der Waals surface area contributed by atoms with Crippen LogP contribution in [0.3, 0.4) is 0 Å². The lowest BCUT2D eigenvalue weighted by atomic mass is 10.1. The van der Waals surface area contributed by atoms with Crippen molar-refractivity contribution in [2.24, 2.45) is 0 Å². The van der Waals surface area contributed by atoms with Gasteiger partial charge in [0.25, 0.3) is 0 Å². The van der Waals surface area contributed by atoms with Crippen molar-refractivity contribution in [2.45, 2.75) is 0 Å². The Bertz CT molecular complexity index is 554. The molecule has 2 N–H and O–H groups in total. The van der Waals surface area contributed by atoms with E-state index in [-0.39, 0.29) is 11.7 Å². The molecule has 0 aliphatic carbocycles. The predicted octanol–water partition coefficient (Wildman–Crippen LogP) is 1.95. The van der Waals surface area contributed by atoms with Crippen LogP contribution in [-0.4, -0.2) is 29.0 Å². The standard InChI is InChI=1S/C12H13N3O2S/c1-17-9-4-2-3-8(5-9)10-6-11(15-14-10)13-12(16)7-18/h2-6,18H,7H2,1H3,(H2,13,14,15,16). The molecule has 1 amide bonds. The summed E-state index contributed by atoms with van der Waals surface area (Å²) in [6.45, 7) is 0. The second-order valence-electron chi connectivity index (χ2n) is 3.61. The summed E-state index contributed by atoms with van der Waals surface area (Å²) in [7, 11) is 1.61. The van der Waals surface area contributed by atoms with Gasteiger partial charge in [0.2, 0.25) is 5.91 Å². The molecular formula is C12H13N3O2S. The predicted molar refractivity (Wildman–Crippen MR) is 73.1 cm³/mol. The average Bonchev–Trinajstić information content (AvgIpc) is 2.87. The van der Waals surface area contributed by atoms with E-state index in [0.717, 1.165) is 17.0 Å². The highest BCUT2D eigenvalue weighted by atomic mass is 32.1. The number of nitrogens with one attached hydrogen (secondary N) is 2. The van der Waals surface area contributed by atoms with E-state index >= 15 is 0 Å². The molecule has 1 aromatic heterocycles. The van der Waals surface area contributed by atoms with Crippen molar-refractivity contribution in [1.82, 2.24) is 10.2 Å². The largest absolute Gasteiger partial charge is 0.497 e. The van der Waals surface area contributed by atoms with Crippen molar-refractivity contribution >= 4 is 24.4 Å². The van der Waals surface area contributed by atoms with Crippen LogP contribution in [-0.2, 0) is 4.79 Å². The molecule has 1 heterocycles. The molecule has 0 aliphatic heterocycles. The first kappa shape index (κ1) is 12.5. The van der Waals surface area contributed by atoms with E-state index < -0.39 is 0 Å². The molecular weight excluding hydrogens is 250 g/mol. The van der Waals surface area contributed by atoms with Crippen LogP contribution in [0.1, 0.15) is 0 Å². The normalized spacial score (nSPS) is 10.1. The average molecular weight is 263 g/mol. The first-order chi connectivity index (χ1) is 8.72. The molecule has 94 valence electrons. The van der Waals surface area contributed by atoms with Crippen LogP contribution in [0, 0.1) is 0 Å². The summed E-state index contributed by atoms with van der Waals surface area (Å²) >= 11 is 3.89. The lowest BCUT2D eigenvalue weighted by Gasteiger charge is -2.01. The van der Waals surface area contributed by atoms with Gasteiger partial charge < -0.3 is 10.1 Å². The number of methoxy groups -OCH3 is 1. The van der Waals surface area contributed by atoms with Crippen molar-refractivity contribution in [3.8, 4) is 17.0 Å². The molecule has 0 saturated carbocycles. The number of thiol groups is 1. The van der Waals surface area contributed by atoms with Crippen LogP contribution >= 0.6 is 12.6 Å². The van der Waals surface area contributed by atoms with Gasteiger partial charge in [-0.25, -0.2) is 0 Å². The Kier molecular flexibility index (Phi) is 3.88. The Morgan fingerprint density at radius 3 is 3.06 bits per heavy atom. The molecule has 0 aliphatic rings. The van der Waals surface area contributed by atoms with Crippen molar-refractivity contribution in [3.05, 3.63) is 30.3 Å². The third-order valence-corrected chi connectivity index (χ3v) is 2.65. The lowest BCUT2D eigenvalue weighted by Crippen LogP contribution is -2.12. The summed E-state index contributed by atoms with van der Waals surface area (Å²) < 4.78 is 5.15. The summed E-state index contributed by atoms with van der Waals surface area (Å²) in [5.41, 5.74) is 1.65. The Balaban J connectivity index is 2.20. The van der Waals surface area contributed by atoms with E-state index in [4.69, 9.17) is 4.74 Å². The Labute approximate surface area is 110 Å². The van der Waals surface area contributed by atoms with Crippen molar-refractivity contribution in [3.63, 3.8) is 0 Å². The summed E-state index contributed by atoms with van der Waals surface area (Å²) in [5.74, 6) is 1.26. The van der Waals surface area contributed by atoms with Crippen LogP contribution in [0.15, 0.2) is 30.3 Å². The maximum absolute atomic E-state index is 11.2. The van der Waals surface area contributed by atoms with E-state index in [1.54, 1.807) is 13.2 Å². The quantitative estimate of drug-likeness (QED) is 0.739. The number of carbonyl (C=O) groups is 1. The number of H-pyrrole nitrogens is 1. The number of hydrogen-bond acceptors (Lipinski definition) is 4. The number of ether oxygens (including phenoxy) is 1. The molecule has 0 saturated heterocycles. The SMILES string of the molecule is COc1cccc(-c2cc(NC(=O)CS)[nH]n2)c1. The Hall–Kier alpha value is -1.95. The third-order valence-electron chi connectivity index (χ3n) is 2.36. The zero-order valence-electron chi connectivity index (χ0n) is 9.80. The van der Waals surface area contributed by atoms with E-state index in [1.807, 2.05) is 24.3 Å². The number of aromatic amines is 1. The van der Waals surface area contributed by atoms with Gasteiger partial charge in [-0.15, -0.1) is 0 Å². The van der Waals surface area contributed by atoms with Crippen LogP contribution in [0.2, 0.25) is 0 Å². The second-order valence-corrected chi connectivity index (χ2v) is 3.92. The molecule has 0 unspecified atom stereocenters. The first-order valence-corrected chi connectivity index (χ1v) is 5.96. The fraction of sp³-hybridized carbons (Fsp3) is 0.167. The van der Waals surface area contributed by atoms with E-state index in [1.165, 1.54) is 0 Å². The van der Waals surface area contributed by atoms with Crippen molar-refractivity contribution in [1.29, 1.82) is 0 Å². The topological polar surface area (TPSA) is 67.0 Å². The van der Waals surface area contributed by atoms with Crippen LogP contribution in [0.25, 0.3) is 11.3 Å². The molecule has 5 nitrogen and oxygen atoms in total. The van der Waals surface area contributed by atoms with E-state index in [0.29, 0.717) is 5.82 Å².